The van der Waals surface area contributed by atoms with E-state index in [1.807, 2.05) is 37.3 Å². The fourth-order valence-corrected chi connectivity index (χ4v) is 3.34. The Labute approximate surface area is 141 Å². The topological polar surface area (TPSA) is 47.0 Å². The minimum atomic E-state index is 0.160. The van der Waals surface area contributed by atoms with Crippen LogP contribution in [-0.4, -0.2) is 23.1 Å². The van der Waals surface area contributed by atoms with Crippen molar-refractivity contribution < 1.29 is 4.74 Å². The monoisotopic (exact) mass is 319 g/mol. The molecule has 4 heteroatoms. The Kier molecular flexibility index (Phi) is 4.13. The van der Waals surface area contributed by atoms with E-state index in [1.165, 1.54) is 5.56 Å². The average molecular weight is 319 g/mol. The smallest absolute Gasteiger partial charge is 0.148 e. The summed E-state index contributed by atoms with van der Waals surface area (Å²) in [5.41, 5.74) is 4.05. The summed E-state index contributed by atoms with van der Waals surface area (Å²) in [5, 5.41) is 3.49. The molecule has 24 heavy (non-hydrogen) atoms. The number of anilines is 1. The number of aromatic nitrogens is 2. The molecule has 1 aliphatic heterocycles. The number of nitrogens with zero attached hydrogens (tertiary/aromatic N) is 2. The third-order valence-corrected chi connectivity index (χ3v) is 4.62. The van der Waals surface area contributed by atoms with E-state index in [-0.39, 0.29) is 6.10 Å². The summed E-state index contributed by atoms with van der Waals surface area (Å²) in [4.78, 5) is 9.36. The highest BCUT2D eigenvalue weighted by molar-refractivity contribution is 5.76. The average Bonchev–Trinajstić information content (AvgIpc) is 3.09. The molecule has 0 radical (unpaired) electrons. The molecular weight excluding hydrogens is 298 g/mol. The van der Waals surface area contributed by atoms with Gasteiger partial charge in [-0.1, -0.05) is 42.5 Å². The van der Waals surface area contributed by atoms with Gasteiger partial charge in [-0.05, 0) is 31.0 Å². The molecule has 1 aliphatic rings. The number of fused-ring (bicyclic) bond motifs is 1. The molecule has 1 fully saturated rings. The molecule has 1 aromatic heterocycles. The predicted octanol–water partition coefficient (Wildman–Crippen LogP) is 4.13. The van der Waals surface area contributed by atoms with Crippen molar-refractivity contribution in [3.05, 3.63) is 65.9 Å². The number of para-hydroxylation sites is 2. The van der Waals surface area contributed by atoms with Gasteiger partial charge < -0.3 is 10.1 Å². The highest BCUT2D eigenvalue weighted by Gasteiger charge is 2.29. The van der Waals surface area contributed by atoms with Crippen molar-refractivity contribution in [1.82, 2.24) is 9.97 Å². The van der Waals surface area contributed by atoms with Gasteiger partial charge in [0, 0.05) is 19.1 Å². The van der Waals surface area contributed by atoms with E-state index in [4.69, 9.17) is 9.72 Å². The SMILES string of the molecule is Cc1nc2ccccc2nc1NCC1CCOC1c1ccccc1. The first kappa shape index (κ1) is 15.1. The maximum absolute atomic E-state index is 5.96. The normalized spacial score (nSPS) is 20.4. The van der Waals surface area contributed by atoms with Crippen LogP contribution in [0.2, 0.25) is 0 Å². The number of rotatable bonds is 4. The van der Waals surface area contributed by atoms with E-state index in [0.717, 1.165) is 42.1 Å². The lowest BCUT2D eigenvalue weighted by Gasteiger charge is -2.20. The maximum atomic E-state index is 5.96. The van der Waals surface area contributed by atoms with E-state index in [2.05, 4.69) is 34.6 Å². The lowest BCUT2D eigenvalue weighted by molar-refractivity contribution is 0.0933. The van der Waals surface area contributed by atoms with Gasteiger partial charge in [0.15, 0.2) is 0 Å². The molecular formula is C20H21N3O. The summed E-state index contributed by atoms with van der Waals surface area (Å²) < 4.78 is 5.96. The fraction of sp³-hybridized carbons (Fsp3) is 0.300. The van der Waals surface area contributed by atoms with Crippen molar-refractivity contribution in [2.24, 2.45) is 5.92 Å². The summed E-state index contributed by atoms with van der Waals surface area (Å²) in [6.45, 7) is 3.66. The van der Waals surface area contributed by atoms with Crippen LogP contribution in [0.1, 0.15) is 23.8 Å². The van der Waals surface area contributed by atoms with Gasteiger partial charge in [-0.15, -0.1) is 0 Å². The van der Waals surface area contributed by atoms with Crippen molar-refractivity contribution >= 4 is 16.9 Å². The minimum Gasteiger partial charge on any atom is -0.373 e. The van der Waals surface area contributed by atoms with Crippen LogP contribution in [0.25, 0.3) is 11.0 Å². The van der Waals surface area contributed by atoms with Crippen LogP contribution >= 0.6 is 0 Å². The van der Waals surface area contributed by atoms with E-state index < -0.39 is 0 Å². The Morgan fingerprint density at radius 2 is 1.71 bits per heavy atom. The first-order valence-corrected chi connectivity index (χ1v) is 8.45. The van der Waals surface area contributed by atoms with Gasteiger partial charge in [0.25, 0.3) is 0 Å². The second-order valence-corrected chi connectivity index (χ2v) is 6.28. The zero-order valence-corrected chi connectivity index (χ0v) is 13.8. The summed E-state index contributed by atoms with van der Waals surface area (Å²) in [5.74, 6) is 1.31. The number of hydrogen-bond donors (Lipinski definition) is 1. The summed E-state index contributed by atoms with van der Waals surface area (Å²) in [6, 6.07) is 18.4. The Hall–Kier alpha value is -2.46. The number of ether oxygens (including phenoxy) is 1. The molecule has 3 aromatic rings. The zero-order chi connectivity index (χ0) is 16.4. The van der Waals surface area contributed by atoms with Crippen molar-refractivity contribution in [2.45, 2.75) is 19.4 Å². The molecule has 1 N–H and O–H groups in total. The highest BCUT2D eigenvalue weighted by atomic mass is 16.5. The number of hydrogen-bond acceptors (Lipinski definition) is 4. The number of nitrogens with one attached hydrogen (secondary N) is 1. The number of benzene rings is 2. The van der Waals surface area contributed by atoms with E-state index >= 15 is 0 Å². The van der Waals surface area contributed by atoms with Crippen LogP contribution in [0, 0.1) is 12.8 Å². The van der Waals surface area contributed by atoms with Crippen LogP contribution in [0.4, 0.5) is 5.82 Å². The lowest BCUT2D eigenvalue weighted by Crippen LogP contribution is -2.19. The Bertz CT molecular complexity index is 835. The second kappa shape index (κ2) is 6.57. The highest BCUT2D eigenvalue weighted by Crippen LogP contribution is 2.34. The van der Waals surface area contributed by atoms with Crippen LogP contribution in [0.3, 0.4) is 0 Å². The van der Waals surface area contributed by atoms with Crippen molar-refractivity contribution in [3.63, 3.8) is 0 Å². The van der Waals surface area contributed by atoms with E-state index in [9.17, 15) is 0 Å². The summed E-state index contributed by atoms with van der Waals surface area (Å²) in [7, 11) is 0. The molecule has 2 aromatic carbocycles. The van der Waals surface area contributed by atoms with Crippen molar-refractivity contribution in [1.29, 1.82) is 0 Å². The van der Waals surface area contributed by atoms with Gasteiger partial charge in [0.05, 0.1) is 22.8 Å². The van der Waals surface area contributed by atoms with Crippen molar-refractivity contribution in [2.75, 3.05) is 18.5 Å². The largest absolute Gasteiger partial charge is 0.373 e. The minimum absolute atomic E-state index is 0.160. The van der Waals surface area contributed by atoms with Gasteiger partial charge in [-0.2, -0.15) is 0 Å². The molecule has 0 amide bonds. The van der Waals surface area contributed by atoms with E-state index in [1.54, 1.807) is 0 Å². The Morgan fingerprint density at radius 3 is 2.50 bits per heavy atom. The van der Waals surface area contributed by atoms with Crippen LogP contribution < -0.4 is 5.32 Å². The first-order chi connectivity index (χ1) is 11.8. The van der Waals surface area contributed by atoms with Crippen LogP contribution in [0.5, 0.6) is 0 Å². The molecule has 0 spiro atoms. The van der Waals surface area contributed by atoms with Gasteiger partial charge in [-0.25, -0.2) is 9.97 Å². The molecule has 4 rings (SSSR count). The van der Waals surface area contributed by atoms with Gasteiger partial charge >= 0.3 is 0 Å². The first-order valence-electron chi connectivity index (χ1n) is 8.45. The maximum Gasteiger partial charge on any atom is 0.148 e. The zero-order valence-electron chi connectivity index (χ0n) is 13.8. The standard InChI is InChI=1S/C20H21N3O/c1-14-20(23-18-10-6-5-9-17(18)22-14)21-13-16-11-12-24-19(16)15-7-3-2-4-8-15/h2-10,16,19H,11-13H2,1H3,(H,21,23). The molecule has 122 valence electrons. The van der Waals surface area contributed by atoms with Crippen LogP contribution in [0.15, 0.2) is 54.6 Å². The molecule has 0 saturated carbocycles. The molecule has 1 saturated heterocycles. The predicted molar refractivity (Wildman–Crippen MR) is 96.0 cm³/mol. The quantitative estimate of drug-likeness (QED) is 0.785. The molecule has 2 heterocycles. The van der Waals surface area contributed by atoms with Gasteiger partial charge in [0.2, 0.25) is 0 Å². The summed E-state index contributed by atoms with van der Waals surface area (Å²) >= 11 is 0. The Morgan fingerprint density at radius 1 is 1.00 bits per heavy atom. The third kappa shape index (κ3) is 2.97. The molecule has 0 bridgehead atoms. The molecule has 2 atom stereocenters. The fourth-order valence-electron chi connectivity index (χ4n) is 3.34. The van der Waals surface area contributed by atoms with E-state index in [0.29, 0.717) is 5.92 Å². The van der Waals surface area contributed by atoms with Gasteiger partial charge in [0.1, 0.15) is 5.82 Å². The van der Waals surface area contributed by atoms with Crippen molar-refractivity contribution in [3.8, 4) is 0 Å². The second-order valence-electron chi connectivity index (χ2n) is 6.28. The van der Waals surface area contributed by atoms with Crippen LogP contribution in [-0.2, 0) is 4.74 Å². The molecule has 4 nitrogen and oxygen atoms in total. The summed E-state index contributed by atoms with van der Waals surface area (Å²) in [6.07, 6.45) is 1.22. The Balaban J connectivity index is 1.51. The third-order valence-electron chi connectivity index (χ3n) is 4.62. The van der Waals surface area contributed by atoms with Gasteiger partial charge in [-0.3, -0.25) is 0 Å². The number of aryl methyl sites for hydroxylation is 1. The molecule has 2 unspecified atom stereocenters. The lowest BCUT2D eigenvalue weighted by atomic mass is 9.95. The molecule has 0 aliphatic carbocycles.